The van der Waals surface area contributed by atoms with Gasteiger partial charge in [0.05, 0.1) is 0 Å². The molecule has 1 saturated carbocycles. The fourth-order valence-electron chi connectivity index (χ4n) is 4.22. The normalized spacial score (nSPS) is 18.5. The molecule has 30 heavy (non-hydrogen) atoms. The molecule has 2 aromatic carbocycles. The Kier molecular flexibility index (Phi) is 7.06. The minimum Gasteiger partial charge on any atom is -0.478 e. The van der Waals surface area contributed by atoms with Crippen LogP contribution in [0.3, 0.4) is 0 Å². The number of rotatable bonds is 6. The first-order valence-corrected chi connectivity index (χ1v) is 10.3. The average Bonchev–Trinajstić information content (AvgIpc) is 3.48. The maximum Gasteiger partial charge on any atom is 0.328 e. The summed E-state index contributed by atoms with van der Waals surface area (Å²) in [5.41, 5.74) is 7.88. The van der Waals surface area contributed by atoms with Gasteiger partial charge in [0, 0.05) is 12.2 Å². The summed E-state index contributed by atoms with van der Waals surface area (Å²) >= 11 is 0. The summed E-state index contributed by atoms with van der Waals surface area (Å²) < 4.78 is 0. The van der Waals surface area contributed by atoms with E-state index in [1.807, 2.05) is 0 Å². The van der Waals surface area contributed by atoms with Gasteiger partial charge in [0.25, 0.3) is 0 Å². The monoisotopic (exact) mass is 407 g/mol. The number of carbonyl (C=O) groups is 2. The fourth-order valence-corrected chi connectivity index (χ4v) is 4.22. The minimum atomic E-state index is -1.26. The summed E-state index contributed by atoms with van der Waals surface area (Å²) in [5, 5.41) is 15.6. The van der Waals surface area contributed by atoms with Gasteiger partial charge in [-0.2, -0.15) is 0 Å². The molecule has 1 fully saturated rings. The molecule has 2 atom stereocenters. The van der Waals surface area contributed by atoms with Crippen molar-refractivity contribution < 1.29 is 19.8 Å². The van der Waals surface area contributed by atoms with Crippen molar-refractivity contribution in [2.45, 2.75) is 37.5 Å². The molecule has 2 unspecified atom stereocenters. The molecule has 0 spiro atoms. The Bertz CT molecular complexity index is 932. The molecule has 5 nitrogen and oxygen atoms in total. The summed E-state index contributed by atoms with van der Waals surface area (Å²) in [6.45, 7) is 1.17. The summed E-state index contributed by atoms with van der Waals surface area (Å²) in [4.78, 5) is 21.4. The molecule has 2 aliphatic carbocycles. The zero-order chi connectivity index (χ0) is 21.7. The highest BCUT2D eigenvalue weighted by atomic mass is 16.4. The summed E-state index contributed by atoms with van der Waals surface area (Å²) in [5.74, 6) is -0.939. The lowest BCUT2D eigenvalue weighted by molar-refractivity contribution is -0.134. The highest BCUT2D eigenvalue weighted by Gasteiger charge is 2.43. The Labute approximate surface area is 177 Å². The Hall–Kier alpha value is -2.92. The van der Waals surface area contributed by atoms with E-state index in [1.54, 1.807) is 22.3 Å². The molecule has 0 heterocycles. The van der Waals surface area contributed by atoms with Gasteiger partial charge in [-0.05, 0) is 86.0 Å². The van der Waals surface area contributed by atoms with Gasteiger partial charge >= 0.3 is 11.9 Å². The van der Waals surface area contributed by atoms with E-state index in [-0.39, 0.29) is 0 Å². The first kappa shape index (κ1) is 21.8. The minimum absolute atomic E-state index is 0.558. The molecule has 158 valence electrons. The SMILES string of the molecule is CN(C)CCCc1ccc2c(c1)Cc1ccccc1C1CC21.O=C(O)/C=C\C(=O)O. The van der Waals surface area contributed by atoms with Crippen LogP contribution in [0.2, 0.25) is 0 Å². The van der Waals surface area contributed by atoms with Crippen LogP contribution in [0.5, 0.6) is 0 Å². The molecule has 0 saturated heterocycles. The van der Waals surface area contributed by atoms with E-state index in [0.29, 0.717) is 12.2 Å². The van der Waals surface area contributed by atoms with Crippen molar-refractivity contribution in [3.05, 3.63) is 82.4 Å². The van der Waals surface area contributed by atoms with Gasteiger partial charge in [0.1, 0.15) is 0 Å². The van der Waals surface area contributed by atoms with Crippen molar-refractivity contribution >= 4 is 11.9 Å². The molecule has 2 aromatic rings. The number of nitrogens with zero attached hydrogens (tertiary/aromatic N) is 1. The number of fused-ring (bicyclic) bond motifs is 5. The maximum absolute atomic E-state index is 9.55. The molecule has 2 aliphatic rings. The summed E-state index contributed by atoms with van der Waals surface area (Å²) in [6.07, 6.45) is 6.03. The van der Waals surface area contributed by atoms with Gasteiger partial charge in [0.2, 0.25) is 0 Å². The second-order valence-electron chi connectivity index (χ2n) is 8.27. The van der Waals surface area contributed by atoms with Crippen LogP contribution in [0.15, 0.2) is 54.6 Å². The second kappa shape index (κ2) is 9.72. The number of aryl methyl sites for hydroxylation is 1. The van der Waals surface area contributed by atoms with Crippen LogP contribution in [0.4, 0.5) is 0 Å². The standard InChI is InChI=1S/C21H25N.C4H4O4/c1-22(2)11-5-6-15-9-10-19-17(12-15)13-16-7-3-4-8-18(16)20-14-21(19)20;5-3(6)1-2-4(7)8/h3-4,7-10,12,20-21H,5-6,11,13-14H2,1-2H3;1-2H,(H,5,6)(H,7,8)/b;2-1-. The van der Waals surface area contributed by atoms with Crippen molar-refractivity contribution in [3.8, 4) is 0 Å². The number of hydrogen-bond acceptors (Lipinski definition) is 3. The molecule has 0 bridgehead atoms. The third kappa shape index (κ3) is 5.80. The van der Waals surface area contributed by atoms with Crippen LogP contribution >= 0.6 is 0 Å². The predicted molar refractivity (Wildman–Crippen MR) is 117 cm³/mol. The molecule has 0 aromatic heterocycles. The summed E-state index contributed by atoms with van der Waals surface area (Å²) in [6, 6.07) is 16.4. The summed E-state index contributed by atoms with van der Waals surface area (Å²) in [7, 11) is 4.31. The molecule has 0 amide bonds. The number of carboxylic acid groups (broad SMARTS) is 2. The van der Waals surface area contributed by atoms with Crippen molar-refractivity contribution in [2.24, 2.45) is 0 Å². The van der Waals surface area contributed by atoms with E-state index in [1.165, 1.54) is 31.4 Å². The Morgan fingerprint density at radius 2 is 1.60 bits per heavy atom. The third-order valence-corrected chi connectivity index (χ3v) is 5.67. The second-order valence-corrected chi connectivity index (χ2v) is 8.27. The van der Waals surface area contributed by atoms with Gasteiger partial charge in [-0.3, -0.25) is 0 Å². The number of carboxylic acids is 2. The number of hydrogen-bond donors (Lipinski definition) is 2. The molecule has 0 radical (unpaired) electrons. The third-order valence-electron chi connectivity index (χ3n) is 5.67. The van der Waals surface area contributed by atoms with E-state index in [4.69, 9.17) is 10.2 Å². The van der Waals surface area contributed by atoms with Gasteiger partial charge in [-0.1, -0.05) is 42.5 Å². The maximum atomic E-state index is 9.55. The molecular formula is C25H29NO4. The van der Waals surface area contributed by atoms with Gasteiger partial charge in [-0.25, -0.2) is 9.59 Å². The van der Waals surface area contributed by atoms with Gasteiger partial charge < -0.3 is 15.1 Å². The smallest absolute Gasteiger partial charge is 0.328 e. The van der Waals surface area contributed by atoms with E-state index in [9.17, 15) is 9.59 Å². The van der Waals surface area contributed by atoms with Gasteiger partial charge in [-0.15, -0.1) is 0 Å². The molecule has 5 heteroatoms. The van der Waals surface area contributed by atoms with Crippen LogP contribution < -0.4 is 0 Å². The average molecular weight is 408 g/mol. The van der Waals surface area contributed by atoms with Crippen molar-refractivity contribution in [1.82, 2.24) is 4.90 Å². The quantitative estimate of drug-likeness (QED) is 0.706. The van der Waals surface area contributed by atoms with Crippen LogP contribution in [0.1, 0.15) is 52.5 Å². The highest BCUT2D eigenvalue weighted by molar-refractivity contribution is 5.89. The molecule has 2 N–H and O–H groups in total. The van der Waals surface area contributed by atoms with E-state index in [0.717, 1.165) is 18.3 Å². The lowest BCUT2D eigenvalue weighted by Gasteiger charge is -2.12. The highest BCUT2D eigenvalue weighted by Crippen LogP contribution is 2.58. The Morgan fingerprint density at radius 3 is 2.23 bits per heavy atom. The molecule has 0 aliphatic heterocycles. The van der Waals surface area contributed by atoms with Crippen LogP contribution in [-0.4, -0.2) is 47.7 Å². The van der Waals surface area contributed by atoms with Crippen molar-refractivity contribution in [1.29, 1.82) is 0 Å². The topological polar surface area (TPSA) is 77.8 Å². The number of aliphatic carboxylic acids is 2. The predicted octanol–water partition coefficient (Wildman–Crippen LogP) is 4.07. The van der Waals surface area contributed by atoms with Crippen LogP contribution in [0.25, 0.3) is 0 Å². The first-order chi connectivity index (χ1) is 14.3. The fraction of sp³-hybridized carbons (Fsp3) is 0.360. The first-order valence-electron chi connectivity index (χ1n) is 10.3. The molecule has 4 rings (SSSR count). The largest absolute Gasteiger partial charge is 0.478 e. The van der Waals surface area contributed by atoms with E-state index < -0.39 is 11.9 Å². The number of benzene rings is 2. The lowest BCUT2D eigenvalue weighted by atomic mass is 9.95. The zero-order valence-corrected chi connectivity index (χ0v) is 17.5. The zero-order valence-electron chi connectivity index (χ0n) is 17.5. The van der Waals surface area contributed by atoms with E-state index in [2.05, 4.69) is 61.5 Å². The Balaban J connectivity index is 0.000000275. The van der Waals surface area contributed by atoms with E-state index >= 15 is 0 Å². The van der Waals surface area contributed by atoms with Crippen LogP contribution in [0, 0.1) is 0 Å². The lowest BCUT2D eigenvalue weighted by Crippen LogP contribution is -2.13. The Morgan fingerprint density at radius 1 is 0.967 bits per heavy atom. The van der Waals surface area contributed by atoms with Crippen LogP contribution in [-0.2, 0) is 22.4 Å². The van der Waals surface area contributed by atoms with Crippen molar-refractivity contribution in [3.63, 3.8) is 0 Å². The van der Waals surface area contributed by atoms with Crippen molar-refractivity contribution in [2.75, 3.05) is 20.6 Å². The van der Waals surface area contributed by atoms with Gasteiger partial charge in [0.15, 0.2) is 0 Å². The molecular weight excluding hydrogens is 378 g/mol.